The number of hydrogen-bond donors (Lipinski definition) is 2. The van der Waals surface area contributed by atoms with Gasteiger partial charge in [0.1, 0.15) is 10.0 Å². The van der Waals surface area contributed by atoms with Gasteiger partial charge in [0.15, 0.2) is 5.82 Å². The fraction of sp³-hybridized carbons (Fsp3) is 0.389. The van der Waals surface area contributed by atoms with E-state index in [1.54, 1.807) is 16.8 Å². The highest BCUT2D eigenvalue weighted by molar-refractivity contribution is 7.91. The van der Waals surface area contributed by atoms with Crippen molar-refractivity contribution in [2.45, 2.75) is 38.3 Å². The van der Waals surface area contributed by atoms with Crippen molar-refractivity contribution < 1.29 is 8.42 Å². The lowest BCUT2D eigenvalue weighted by atomic mass is 10.2. The van der Waals surface area contributed by atoms with Crippen LogP contribution in [0.4, 0.5) is 5.82 Å². The van der Waals surface area contributed by atoms with Crippen LogP contribution in [-0.4, -0.2) is 41.5 Å². The van der Waals surface area contributed by atoms with Gasteiger partial charge in [-0.15, -0.1) is 21.5 Å². The van der Waals surface area contributed by atoms with E-state index >= 15 is 0 Å². The van der Waals surface area contributed by atoms with Crippen LogP contribution in [0.25, 0.3) is 5.82 Å². The van der Waals surface area contributed by atoms with E-state index < -0.39 is 10.0 Å². The normalized spacial score (nSPS) is 11.7. The fourth-order valence-corrected chi connectivity index (χ4v) is 4.99. The minimum absolute atomic E-state index is 0.252. The number of sulfonamides is 1. The van der Waals surface area contributed by atoms with Crippen LogP contribution >= 0.6 is 11.3 Å². The van der Waals surface area contributed by atoms with E-state index in [0.29, 0.717) is 22.4 Å². The van der Waals surface area contributed by atoms with Crippen LogP contribution in [-0.2, 0) is 16.4 Å². The molecule has 8 nitrogen and oxygen atoms in total. The molecule has 10 heteroatoms. The first kappa shape index (κ1) is 20.4. The monoisotopic (exact) mass is 420 g/mol. The lowest BCUT2D eigenvalue weighted by molar-refractivity contribution is 0.585. The zero-order chi connectivity index (χ0) is 20.3. The number of aryl methyl sites for hydroxylation is 2. The topological polar surface area (TPSA) is 102 Å². The smallest absolute Gasteiger partial charge is 0.250 e. The molecule has 0 amide bonds. The molecule has 0 aliphatic carbocycles. The molecule has 0 spiro atoms. The fourth-order valence-electron chi connectivity index (χ4n) is 2.62. The Morgan fingerprint density at radius 2 is 1.86 bits per heavy atom. The quantitative estimate of drug-likeness (QED) is 0.543. The SMILES string of the molecule is CCc1ccc(S(=O)(=O)NCCNc2ccc(-n3nc(C)c(C)c3C)nn2)s1. The van der Waals surface area contributed by atoms with Gasteiger partial charge in [0.2, 0.25) is 10.0 Å². The highest BCUT2D eigenvalue weighted by Gasteiger charge is 2.16. The minimum Gasteiger partial charge on any atom is -0.367 e. The van der Waals surface area contributed by atoms with E-state index in [1.165, 1.54) is 11.3 Å². The number of aromatic nitrogens is 4. The Morgan fingerprint density at radius 1 is 1.07 bits per heavy atom. The van der Waals surface area contributed by atoms with Gasteiger partial charge in [0.05, 0.1) is 5.69 Å². The van der Waals surface area contributed by atoms with Gasteiger partial charge < -0.3 is 5.32 Å². The number of thiophene rings is 1. The second-order valence-electron chi connectivity index (χ2n) is 6.38. The van der Waals surface area contributed by atoms with Gasteiger partial charge >= 0.3 is 0 Å². The first-order valence-corrected chi connectivity index (χ1v) is 11.3. The summed E-state index contributed by atoms with van der Waals surface area (Å²) in [5.74, 6) is 1.22. The van der Waals surface area contributed by atoms with Crippen molar-refractivity contribution in [2.75, 3.05) is 18.4 Å². The molecule has 3 aromatic rings. The van der Waals surface area contributed by atoms with Gasteiger partial charge in [-0.2, -0.15) is 5.10 Å². The summed E-state index contributed by atoms with van der Waals surface area (Å²) in [7, 11) is -3.47. The Hall–Kier alpha value is -2.30. The number of anilines is 1. The summed E-state index contributed by atoms with van der Waals surface area (Å²) < 4.78 is 29.2. The molecule has 0 fully saturated rings. The molecule has 28 heavy (non-hydrogen) atoms. The van der Waals surface area contributed by atoms with E-state index in [9.17, 15) is 8.42 Å². The maximum absolute atomic E-state index is 12.3. The zero-order valence-corrected chi connectivity index (χ0v) is 18.0. The molecule has 150 valence electrons. The van der Waals surface area contributed by atoms with Gasteiger partial charge in [-0.25, -0.2) is 17.8 Å². The zero-order valence-electron chi connectivity index (χ0n) is 16.4. The molecule has 2 N–H and O–H groups in total. The van der Waals surface area contributed by atoms with Gasteiger partial charge in [-0.05, 0) is 57.0 Å². The van der Waals surface area contributed by atoms with Crippen LogP contribution in [0.15, 0.2) is 28.5 Å². The predicted molar refractivity (Wildman–Crippen MR) is 111 cm³/mol. The molecule has 0 aliphatic heterocycles. The number of rotatable bonds is 8. The maximum Gasteiger partial charge on any atom is 0.250 e. The van der Waals surface area contributed by atoms with Crippen LogP contribution in [0.2, 0.25) is 0 Å². The molecule has 3 rings (SSSR count). The molecule has 0 aliphatic rings. The maximum atomic E-state index is 12.3. The van der Waals surface area contributed by atoms with E-state index in [2.05, 4.69) is 25.3 Å². The van der Waals surface area contributed by atoms with Crippen molar-refractivity contribution >= 4 is 27.2 Å². The number of nitrogens with one attached hydrogen (secondary N) is 2. The largest absolute Gasteiger partial charge is 0.367 e. The van der Waals surface area contributed by atoms with Crippen molar-refractivity contribution in [3.8, 4) is 5.82 Å². The number of hydrogen-bond acceptors (Lipinski definition) is 7. The standard InChI is InChI=1S/C18H24N6O2S2/c1-5-15-6-9-18(27-15)28(25,26)20-11-10-19-16-7-8-17(22-21-16)24-14(4)12(2)13(3)23-24/h6-9,20H,5,10-11H2,1-4H3,(H,19,21). The molecule has 0 saturated carbocycles. The molecular weight excluding hydrogens is 396 g/mol. The van der Waals surface area contributed by atoms with E-state index in [1.807, 2.05) is 39.8 Å². The average molecular weight is 421 g/mol. The van der Waals surface area contributed by atoms with E-state index in [-0.39, 0.29) is 6.54 Å². The van der Waals surface area contributed by atoms with Gasteiger partial charge in [0, 0.05) is 23.7 Å². The summed E-state index contributed by atoms with van der Waals surface area (Å²) in [6, 6.07) is 7.12. The summed E-state index contributed by atoms with van der Waals surface area (Å²) in [5.41, 5.74) is 3.13. The summed E-state index contributed by atoms with van der Waals surface area (Å²) in [4.78, 5) is 1.05. The summed E-state index contributed by atoms with van der Waals surface area (Å²) in [5, 5.41) is 15.9. The van der Waals surface area contributed by atoms with Gasteiger partial charge in [-0.1, -0.05) is 6.92 Å². The lowest BCUT2D eigenvalue weighted by Gasteiger charge is -2.08. The van der Waals surface area contributed by atoms with Gasteiger partial charge in [-0.3, -0.25) is 0 Å². The van der Waals surface area contributed by atoms with Crippen molar-refractivity contribution in [2.24, 2.45) is 0 Å². The van der Waals surface area contributed by atoms with E-state index in [0.717, 1.165) is 28.2 Å². The molecule has 0 atom stereocenters. The first-order chi connectivity index (χ1) is 13.3. The molecule has 0 unspecified atom stereocenters. The Morgan fingerprint density at radius 3 is 2.43 bits per heavy atom. The van der Waals surface area contributed by atoms with Crippen LogP contribution in [0.1, 0.15) is 28.8 Å². The third-order valence-electron chi connectivity index (χ3n) is 4.49. The lowest BCUT2D eigenvalue weighted by Crippen LogP contribution is -2.28. The summed E-state index contributed by atoms with van der Waals surface area (Å²) in [6.07, 6.45) is 0.827. The Kier molecular flexibility index (Phi) is 6.11. The highest BCUT2D eigenvalue weighted by Crippen LogP contribution is 2.21. The van der Waals surface area contributed by atoms with Crippen molar-refractivity contribution in [1.29, 1.82) is 0 Å². The molecule has 3 heterocycles. The Balaban J connectivity index is 1.54. The first-order valence-electron chi connectivity index (χ1n) is 9.01. The molecule has 0 saturated heterocycles. The Bertz CT molecular complexity index is 1050. The molecule has 0 radical (unpaired) electrons. The molecule has 0 aromatic carbocycles. The number of nitrogens with zero attached hydrogens (tertiary/aromatic N) is 4. The summed E-state index contributed by atoms with van der Waals surface area (Å²) >= 11 is 1.30. The second-order valence-corrected chi connectivity index (χ2v) is 9.55. The van der Waals surface area contributed by atoms with Crippen LogP contribution in [0.3, 0.4) is 0 Å². The van der Waals surface area contributed by atoms with E-state index in [4.69, 9.17) is 0 Å². The molecular formula is C18H24N6O2S2. The van der Waals surface area contributed by atoms with Crippen molar-refractivity contribution in [1.82, 2.24) is 24.7 Å². The van der Waals surface area contributed by atoms with Crippen LogP contribution in [0.5, 0.6) is 0 Å². The van der Waals surface area contributed by atoms with Crippen LogP contribution in [0, 0.1) is 20.8 Å². The Labute approximate surface area is 169 Å². The average Bonchev–Trinajstić information content (AvgIpc) is 3.27. The molecule has 3 aromatic heterocycles. The molecule has 0 bridgehead atoms. The second kappa shape index (κ2) is 8.38. The minimum atomic E-state index is -3.47. The summed E-state index contributed by atoms with van der Waals surface area (Å²) in [6.45, 7) is 8.63. The van der Waals surface area contributed by atoms with Crippen molar-refractivity contribution in [3.05, 3.63) is 46.1 Å². The third-order valence-corrected chi connectivity index (χ3v) is 7.68. The predicted octanol–water partition coefficient (Wildman–Crippen LogP) is 2.60. The van der Waals surface area contributed by atoms with Crippen LogP contribution < -0.4 is 10.0 Å². The van der Waals surface area contributed by atoms with Gasteiger partial charge in [0.25, 0.3) is 0 Å². The third kappa shape index (κ3) is 4.40. The van der Waals surface area contributed by atoms with Crippen molar-refractivity contribution in [3.63, 3.8) is 0 Å². The highest BCUT2D eigenvalue weighted by atomic mass is 32.2.